The first kappa shape index (κ1) is 4.72. The molecule has 0 aromatic heterocycles. The molecule has 1 N–H and O–H groups in total. The van der Waals surface area contributed by atoms with Crippen LogP contribution in [0.15, 0.2) is 17.3 Å². The maximum atomic E-state index is 5.46. The van der Waals surface area contributed by atoms with E-state index in [-0.39, 0.29) is 0 Å². The minimum Gasteiger partial charge on any atom is -0.372 e. The lowest BCUT2D eigenvalue weighted by molar-refractivity contribution is 0.943. The Labute approximate surface area is 47.7 Å². The van der Waals surface area contributed by atoms with E-state index in [1.165, 1.54) is 0 Å². The molecule has 0 saturated heterocycles. The van der Waals surface area contributed by atoms with Crippen molar-refractivity contribution >= 4 is 11.6 Å². The zero-order valence-corrected chi connectivity index (χ0v) is 4.50. The molecule has 2 heteroatoms. The van der Waals surface area contributed by atoms with Gasteiger partial charge in [-0.1, -0.05) is 23.8 Å². The van der Waals surface area contributed by atoms with Crippen molar-refractivity contribution in [3.63, 3.8) is 0 Å². The summed E-state index contributed by atoms with van der Waals surface area (Å²) in [6, 6.07) is 0. The maximum Gasteiger partial charge on any atom is 0.110 e. The molecule has 1 aliphatic rings. The van der Waals surface area contributed by atoms with Gasteiger partial charge in [-0.05, 0) is 0 Å². The van der Waals surface area contributed by atoms with E-state index >= 15 is 0 Å². The van der Waals surface area contributed by atoms with Crippen LogP contribution in [0, 0.1) is 6.08 Å². The average molecular weight is 115 g/mol. The van der Waals surface area contributed by atoms with Gasteiger partial charge in [-0.2, -0.15) is 0 Å². The molecule has 0 aromatic carbocycles. The summed E-state index contributed by atoms with van der Waals surface area (Å²) < 4.78 is 0. The molecule has 37 valence electrons. The van der Waals surface area contributed by atoms with E-state index in [0.717, 1.165) is 6.54 Å². The highest BCUT2D eigenvalue weighted by atomic mass is 35.5. The van der Waals surface area contributed by atoms with Gasteiger partial charge >= 0.3 is 0 Å². The molecule has 1 nitrogen and oxygen atoms in total. The molecule has 0 amide bonds. The van der Waals surface area contributed by atoms with Crippen LogP contribution in [0.1, 0.15) is 0 Å². The zero-order valence-electron chi connectivity index (χ0n) is 3.74. The van der Waals surface area contributed by atoms with E-state index in [0.29, 0.717) is 5.16 Å². The Kier molecular flexibility index (Phi) is 1.37. The minimum atomic E-state index is 0.600. The lowest BCUT2D eigenvalue weighted by Crippen LogP contribution is -2.10. The Balaban J connectivity index is 2.57. The Bertz CT molecular complexity index is 115. The van der Waals surface area contributed by atoms with Crippen LogP contribution in [0.4, 0.5) is 0 Å². The van der Waals surface area contributed by atoms with Gasteiger partial charge in [0.05, 0.1) is 0 Å². The molecule has 0 unspecified atom stereocenters. The van der Waals surface area contributed by atoms with Gasteiger partial charge in [0.1, 0.15) is 5.16 Å². The Morgan fingerprint density at radius 3 is 3.00 bits per heavy atom. The highest BCUT2D eigenvalue weighted by Gasteiger charge is 1.88. The van der Waals surface area contributed by atoms with Crippen LogP contribution >= 0.6 is 11.6 Å². The molecule has 0 saturated carbocycles. The largest absolute Gasteiger partial charge is 0.372 e. The van der Waals surface area contributed by atoms with Crippen molar-refractivity contribution in [2.45, 2.75) is 0 Å². The van der Waals surface area contributed by atoms with E-state index in [1.807, 2.05) is 6.08 Å². The molecule has 0 aliphatic carbocycles. The van der Waals surface area contributed by atoms with Gasteiger partial charge in [-0.25, -0.2) is 0 Å². The van der Waals surface area contributed by atoms with Gasteiger partial charge < -0.3 is 5.32 Å². The van der Waals surface area contributed by atoms with Crippen molar-refractivity contribution in [3.05, 3.63) is 23.4 Å². The first-order valence-electron chi connectivity index (χ1n) is 2.07. The summed E-state index contributed by atoms with van der Waals surface area (Å²) in [6.07, 6.45) is 6.53. The minimum absolute atomic E-state index is 0.600. The van der Waals surface area contributed by atoms with Crippen molar-refractivity contribution in [1.82, 2.24) is 5.32 Å². The molecule has 7 heavy (non-hydrogen) atoms. The van der Waals surface area contributed by atoms with E-state index < -0.39 is 0 Å². The fourth-order valence-electron chi connectivity index (χ4n) is 0.391. The Morgan fingerprint density at radius 2 is 2.71 bits per heavy atom. The maximum absolute atomic E-state index is 5.46. The summed E-state index contributed by atoms with van der Waals surface area (Å²) in [5, 5.41) is 3.47. The van der Waals surface area contributed by atoms with E-state index in [4.69, 9.17) is 11.6 Å². The number of rotatable bonds is 0. The normalized spacial score (nSPS) is 18.1. The fraction of sp³-hybridized carbons (Fsp3) is 0.200. The summed E-state index contributed by atoms with van der Waals surface area (Å²) in [4.78, 5) is 0. The van der Waals surface area contributed by atoms with Crippen molar-refractivity contribution in [2.75, 3.05) is 6.54 Å². The topological polar surface area (TPSA) is 12.0 Å². The zero-order chi connectivity index (χ0) is 5.11. The van der Waals surface area contributed by atoms with Crippen molar-refractivity contribution < 1.29 is 0 Å². The lowest BCUT2D eigenvalue weighted by atomic mass is 10.4. The Hall–Kier alpha value is -0.430. The number of hydrogen-bond acceptors (Lipinski definition) is 1. The predicted octanol–water partition coefficient (Wildman–Crippen LogP) is 1.03. The van der Waals surface area contributed by atoms with Gasteiger partial charge in [0.15, 0.2) is 0 Å². The van der Waals surface area contributed by atoms with Crippen LogP contribution in [0.3, 0.4) is 0 Å². The lowest BCUT2D eigenvalue weighted by Gasteiger charge is -2.01. The average Bonchev–Trinajstić information content (AvgIpc) is 1.69. The first-order valence-corrected chi connectivity index (χ1v) is 2.45. The van der Waals surface area contributed by atoms with Crippen LogP contribution in [-0.2, 0) is 0 Å². The van der Waals surface area contributed by atoms with Crippen molar-refractivity contribution in [3.8, 4) is 0 Å². The monoisotopic (exact) mass is 114 g/mol. The van der Waals surface area contributed by atoms with Gasteiger partial charge in [0.25, 0.3) is 0 Å². The second kappa shape index (κ2) is 2.03. The van der Waals surface area contributed by atoms with Crippen LogP contribution < -0.4 is 5.32 Å². The highest BCUT2D eigenvalue weighted by molar-refractivity contribution is 6.29. The van der Waals surface area contributed by atoms with Crippen LogP contribution in [0.5, 0.6) is 0 Å². The summed E-state index contributed by atoms with van der Waals surface area (Å²) in [6.45, 7) is 0.825. The summed E-state index contributed by atoms with van der Waals surface area (Å²) in [5.74, 6) is 0. The van der Waals surface area contributed by atoms with Crippen LogP contribution in [0.25, 0.3) is 0 Å². The second-order valence-electron chi connectivity index (χ2n) is 1.24. The van der Waals surface area contributed by atoms with Gasteiger partial charge in [-0.3, -0.25) is 0 Å². The van der Waals surface area contributed by atoms with Crippen molar-refractivity contribution in [1.29, 1.82) is 0 Å². The smallest absolute Gasteiger partial charge is 0.110 e. The number of allylic oxidation sites excluding steroid dienone is 2. The van der Waals surface area contributed by atoms with E-state index in [1.54, 1.807) is 6.08 Å². The number of halogens is 1. The SMILES string of the molecule is ClC1=[C]C=CCN1. The molecule has 1 radical (unpaired) electrons. The van der Waals surface area contributed by atoms with Gasteiger partial charge in [0.2, 0.25) is 0 Å². The van der Waals surface area contributed by atoms with Crippen LogP contribution in [0.2, 0.25) is 0 Å². The third-order valence-electron chi connectivity index (χ3n) is 0.703. The first-order chi connectivity index (χ1) is 3.39. The Morgan fingerprint density at radius 1 is 1.86 bits per heavy atom. The molecule has 1 heterocycles. The molecule has 0 bridgehead atoms. The number of hydrogen-bond donors (Lipinski definition) is 1. The molecule has 1 aliphatic heterocycles. The second-order valence-corrected chi connectivity index (χ2v) is 1.62. The third-order valence-corrected chi connectivity index (χ3v) is 0.946. The van der Waals surface area contributed by atoms with E-state index in [9.17, 15) is 0 Å². The standard InChI is InChI=1S/C5H5ClN/c6-5-3-1-2-4-7-5/h1-2,7H,4H2. The highest BCUT2D eigenvalue weighted by Crippen LogP contribution is 1.97. The summed E-state index contributed by atoms with van der Waals surface area (Å²) in [5.41, 5.74) is 0. The fourth-order valence-corrected chi connectivity index (χ4v) is 0.531. The van der Waals surface area contributed by atoms with E-state index in [2.05, 4.69) is 11.4 Å². The molecule has 0 aromatic rings. The van der Waals surface area contributed by atoms with Crippen molar-refractivity contribution in [2.24, 2.45) is 0 Å². The summed E-state index contributed by atoms with van der Waals surface area (Å²) in [7, 11) is 0. The summed E-state index contributed by atoms with van der Waals surface area (Å²) >= 11 is 5.46. The molecule has 0 atom stereocenters. The predicted molar refractivity (Wildman–Crippen MR) is 29.8 cm³/mol. The third kappa shape index (κ3) is 1.24. The molecular formula is C5H5ClN. The number of dihydropyridines is 1. The van der Waals surface area contributed by atoms with Crippen LogP contribution in [-0.4, -0.2) is 6.54 Å². The molecular weight excluding hydrogens is 110 g/mol. The molecule has 0 fully saturated rings. The molecule has 0 spiro atoms. The molecule has 1 rings (SSSR count). The number of nitrogens with one attached hydrogen (secondary N) is 1. The van der Waals surface area contributed by atoms with Gasteiger partial charge in [-0.15, -0.1) is 0 Å². The van der Waals surface area contributed by atoms with Gasteiger partial charge in [0, 0.05) is 12.6 Å². The quantitative estimate of drug-likeness (QED) is 0.464.